The Bertz CT molecular complexity index is 1150. The first-order chi connectivity index (χ1) is 14.7. The fourth-order valence-electron chi connectivity index (χ4n) is 3.25. The monoisotopic (exact) mass is 401 g/mol. The van der Waals surface area contributed by atoms with Crippen molar-refractivity contribution in [3.8, 4) is 22.6 Å². The molecule has 30 heavy (non-hydrogen) atoms. The molecule has 0 atom stereocenters. The van der Waals surface area contributed by atoms with Crippen molar-refractivity contribution in [2.24, 2.45) is 0 Å². The Morgan fingerprint density at radius 2 is 1.77 bits per heavy atom. The van der Waals surface area contributed by atoms with E-state index < -0.39 is 4.92 Å². The van der Waals surface area contributed by atoms with Gasteiger partial charge in [0, 0.05) is 30.3 Å². The van der Waals surface area contributed by atoms with E-state index in [-0.39, 0.29) is 5.69 Å². The Kier molecular flexibility index (Phi) is 5.42. The largest absolute Gasteiger partial charge is 0.352 e. The van der Waals surface area contributed by atoms with Crippen LogP contribution in [0, 0.1) is 10.1 Å². The molecule has 9 nitrogen and oxygen atoms in total. The standard InChI is InChI=1S/C21H19N7O2/c1-2-27(14-15-8-4-3-5-9-15)20-13-16(28(29)30)12-19(22-20)17-10-6-7-11-18(17)21-23-25-26-24-21/h3-13H,2,14H2,1H3,(H,23,24,25,26). The Morgan fingerprint density at radius 3 is 2.43 bits per heavy atom. The lowest BCUT2D eigenvalue weighted by Gasteiger charge is -2.22. The zero-order chi connectivity index (χ0) is 20.9. The summed E-state index contributed by atoms with van der Waals surface area (Å²) in [4.78, 5) is 18.0. The highest BCUT2D eigenvalue weighted by Crippen LogP contribution is 2.33. The van der Waals surface area contributed by atoms with Gasteiger partial charge in [0.05, 0.1) is 16.7 Å². The number of aromatic nitrogens is 5. The molecule has 0 aliphatic carbocycles. The summed E-state index contributed by atoms with van der Waals surface area (Å²) in [6.45, 7) is 3.24. The summed E-state index contributed by atoms with van der Waals surface area (Å²) in [5, 5.41) is 25.6. The molecule has 0 unspecified atom stereocenters. The normalized spacial score (nSPS) is 10.7. The van der Waals surface area contributed by atoms with Gasteiger partial charge in [0.25, 0.3) is 5.69 Å². The molecular weight excluding hydrogens is 382 g/mol. The van der Waals surface area contributed by atoms with Gasteiger partial charge in [-0.05, 0) is 22.9 Å². The Labute approximate surface area is 172 Å². The average Bonchev–Trinajstić information content (AvgIpc) is 3.32. The minimum atomic E-state index is -0.399. The maximum atomic E-state index is 11.6. The first kappa shape index (κ1) is 19.2. The van der Waals surface area contributed by atoms with Crippen LogP contribution >= 0.6 is 0 Å². The van der Waals surface area contributed by atoms with E-state index in [0.717, 1.165) is 5.56 Å². The molecule has 1 N–H and O–H groups in total. The topological polar surface area (TPSA) is 114 Å². The number of anilines is 1. The summed E-state index contributed by atoms with van der Waals surface area (Å²) < 4.78 is 0. The molecule has 2 aromatic carbocycles. The van der Waals surface area contributed by atoms with E-state index in [2.05, 4.69) is 20.6 Å². The van der Waals surface area contributed by atoms with Crippen LogP contribution in [0.15, 0.2) is 66.7 Å². The lowest BCUT2D eigenvalue weighted by Crippen LogP contribution is -2.23. The molecule has 2 aromatic heterocycles. The van der Waals surface area contributed by atoms with Gasteiger partial charge in [0.1, 0.15) is 5.82 Å². The second-order valence-corrected chi connectivity index (χ2v) is 6.62. The lowest BCUT2D eigenvalue weighted by molar-refractivity contribution is -0.384. The van der Waals surface area contributed by atoms with Gasteiger partial charge in [0.15, 0.2) is 5.82 Å². The van der Waals surface area contributed by atoms with Crippen LogP contribution in [-0.2, 0) is 6.54 Å². The van der Waals surface area contributed by atoms with Crippen molar-refractivity contribution in [3.63, 3.8) is 0 Å². The predicted molar refractivity (Wildman–Crippen MR) is 113 cm³/mol. The molecule has 150 valence electrons. The van der Waals surface area contributed by atoms with Crippen LogP contribution in [-0.4, -0.2) is 37.1 Å². The second kappa shape index (κ2) is 8.48. The number of pyridine rings is 1. The first-order valence-electron chi connectivity index (χ1n) is 9.44. The van der Waals surface area contributed by atoms with E-state index in [1.807, 2.05) is 66.4 Å². The number of benzene rings is 2. The lowest BCUT2D eigenvalue weighted by atomic mass is 10.0. The van der Waals surface area contributed by atoms with Gasteiger partial charge in [-0.2, -0.15) is 0 Å². The highest BCUT2D eigenvalue weighted by Gasteiger charge is 2.19. The zero-order valence-electron chi connectivity index (χ0n) is 16.3. The van der Waals surface area contributed by atoms with Crippen molar-refractivity contribution in [1.29, 1.82) is 0 Å². The Balaban J connectivity index is 1.81. The van der Waals surface area contributed by atoms with E-state index in [1.165, 1.54) is 12.1 Å². The van der Waals surface area contributed by atoms with E-state index in [0.29, 0.717) is 41.6 Å². The van der Waals surface area contributed by atoms with Crippen molar-refractivity contribution in [2.75, 3.05) is 11.4 Å². The Hall–Kier alpha value is -4.14. The fourth-order valence-corrected chi connectivity index (χ4v) is 3.25. The van der Waals surface area contributed by atoms with Crippen LogP contribution in [0.2, 0.25) is 0 Å². The van der Waals surface area contributed by atoms with Crippen molar-refractivity contribution in [3.05, 3.63) is 82.4 Å². The molecule has 0 aliphatic rings. The number of nitrogens with one attached hydrogen (secondary N) is 1. The highest BCUT2D eigenvalue weighted by molar-refractivity contribution is 5.80. The number of hydrogen-bond donors (Lipinski definition) is 1. The number of tetrazole rings is 1. The van der Waals surface area contributed by atoms with Gasteiger partial charge in [-0.3, -0.25) is 10.1 Å². The van der Waals surface area contributed by atoms with E-state index >= 15 is 0 Å². The van der Waals surface area contributed by atoms with Crippen LogP contribution in [0.4, 0.5) is 11.5 Å². The van der Waals surface area contributed by atoms with Gasteiger partial charge in [-0.1, -0.05) is 54.6 Å². The van der Waals surface area contributed by atoms with Crippen molar-refractivity contribution in [1.82, 2.24) is 25.6 Å². The van der Waals surface area contributed by atoms with Gasteiger partial charge in [-0.25, -0.2) is 10.1 Å². The van der Waals surface area contributed by atoms with Crippen molar-refractivity contribution < 1.29 is 4.92 Å². The maximum Gasteiger partial charge on any atom is 0.275 e. The second-order valence-electron chi connectivity index (χ2n) is 6.62. The van der Waals surface area contributed by atoms with Crippen LogP contribution in [0.1, 0.15) is 12.5 Å². The van der Waals surface area contributed by atoms with E-state index in [1.54, 1.807) is 0 Å². The Morgan fingerprint density at radius 1 is 1.03 bits per heavy atom. The highest BCUT2D eigenvalue weighted by atomic mass is 16.6. The van der Waals surface area contributed by atoms with Crippen molar-refractivity contribution in [2.45, 2.75) is 13.5 Å². The number of aromatic amines is 1. The van der Waals surface area contributed by atoms with Crippen LogP contribution in [0.5, 0.6) is 0 Å². The van der Waals surface area contributed by atoms with Crippen molar-refractivity contribution >= 4 is 11.5 Å². The third-order valence-corrected chi connectivity index (χ3v) is 4.73. The minimum Gasteiger partial charge on any atom is -0.352 e. The molecule has 0 amide bonds. The van der Waals surface area contributed by atoms with Gasteiger partial charge < -0.3 is 4.90 Å². The SMILES string of the molecule is CCN(Cc1ccccc1)c1cc([N+](=O)[O-])cc(-c2ccccc2-c2nnn[nH]2)n1. The summed E-state index contributed by atoms with van der Waals surface area (Å²) in [6, 6.07) is 20.3. The number of nitro groups is 1. The molecule has 4 rings (SSSR count). The minimum absolute atomic E-state index is 0.0213. The van der Waals surface area contributed by atoms with Crippen LogP contribution in [0.25, 0.3) is 22.6 Å². The summed E-state index contributed by atoms with van der Waals surface area (Å²) in [5.41, 5.74) is 2.98. The molecule has 0 spiro atoms. The summed E-state index contributed by atoms with van der Waals surface area (Å²) in [6.07, 6.45) is 0. The predicted octanol–water partition coefficient (Wildman–Crippen LogP) is 3.86. The molecular formula is C21H19N7O2. The van der Waals surface area contributed by atoms with Gasteiger partial charge in [-0.15, -0.1) is 5.10 Å². The summed E-state index contributed by atoms with van der Waals surface area (Å²) in [7, 11) is 0. The molecule has 0 saturated heterocycles. The van der Waals surface area contributed by atoms with Gasteiger partial charge >= 0.3 is 0 Å². The van der Waals surface area contributed by atoms with E-state index in [4.69, 9.17) is 4.98 Å². The third kappa shape index (κ3) is 4.00. The molecule has 2 heterocycles. The molecule has 0 saturated carbocycles. The number of nitrogens with zero attached hydrogens (tertiary/aromatic N) is 6. The molecule has 9 heteroatoms. The summed E-state index contributed by atoms with van der Waals surface area (Å²) in [5.74, 6) is 1.01. The zero-order valence-corrected chi connectivity index (χ0v) is 16.3. The van der Waals surface area contributed by atoms with Gasteiger partial charge in [0.2, 0.25) is 0 Å². The summed E-state index contributed by atoms with van der Waals surface area (Å²) >= 11 is 0. The molecule has 0 aliphatic heterocycles. The number of rotatable bonds is 7. The van der Waals surface area contributed by atoms with Crippen LogP contribution < -0.4 is 4.90 Å². The van der Waals surface area contributed by atoms with E-state index in [9.17, 15) is 10.1 Å². The first-order valence-corrected chi connectivity index (χ1v) is 9.44. The number of H-pyrrole nitrogens is 1. The smallest absolute Gasteiger partial charge is 0.275 e. The quantitative estimate of drug-likeness (QED) is 0.369. The molecule has 0 bridgehead atoms. The fraction of sp³-hybridized carbons (Fsp3) is 0.143. The molecule has 0 radical (unpaired) electrons. The average molecular weight is 401 g/mol. The molecule has 0 fully saturated rings. The van der Waals surface area contributed by atoms with Crippen LogP contribution in [0.3, 0.4) is 0 Å². The maximum absolute atomic E-state index is 11.6. The third-order valence-electron chi connectivity index (χ3n) is 4.73. The number of hydrogen-bond acceptors (Lipinski definition) is 7. The molecule has 4 aromatic rings.